The van der Waals surface area contributed by atoms with E-state index in [0.717, 1.165) is 4.90 Å². The number of urea groups is 1. The maximum Gasteiger partial charge on any atom is 0.315 e. The van der Waals surface area contributed by atoms with Crippen LogP contribution in [0.3, 0.4) is 0 Å². The predicted octanol–water partition coefficient (Wildman–Crippen LogP) is -1.38. The molecule has 1 heterocycles. The molecule has 1 unspecified atom stereocenters. The number of ether oxygens (including phenoxy) is 2. The summed E-state index contributed by atoms with van der Waals surface area (Å²) in [6, 6.07) is -0.791. The van der Waals surface area contributed by atoms with E-state index in [4.69, 9.17) is 9.47 Å². The molecule has 1 aliphatic heterocycles. The van der Waals surface area contributed by atoms with E-state index in [2.05, 4.69) is 10.6 Å². The Morgan fingerprint density at radius 1 is 1.32 bits per heavy atom. The summed E-state index contributed by atoms with van der Waals surface area (Å²) >= 11 is 0. The molecule has 1 saturated carbocycles. The first-order valence-electron chi connectivity index (χ1n) is 7.75. The molecule has 0 spiro atoms. The van der Waals surface area contributed by atoms with E-state index in [9.17, 15) is 19.5 Å². The van der Waals surface area contributed by atoms with Crippen LogP contribution in [0.4, 0.5) is 4.79 Å². The van der Waals surface area contributed by atoms with Crippen molar-refractivity contribution in [2.45, 2.75) is 24.7 Å². The summed E-state index contributed by atoms with van der Waals surface area (Å²) in [5, 5.41) is 15.5. The summed E-state index contributed by atoms with van der Waals surface area (Å²) in [5.74, 6) is -0.887. The molecule has 4 atom stereocenters. The van der Waals surface area contributed by atoms with E-state index < -0.39 is 18.2 Å². The third-order valence-electron chi connectivity index (χ3n) is 4.26. The van der Waals surface area contributed by atoms with Gasteiger partial charge < -0.3 is 25.2 Å². The number of carbonyl (C=O) groups is 3. The molecule has 1 radical (unpaired) electrons. The topological polar surface area (TPSA) is 117 Å². The van der Waals surface area contributed by atoms with Crippen LogP contribution >= 0.6 is 0 Å². The van der Waals surface area contributed by atoms with Crippen molar-refractivity contribution >= 4 is 17.8 Å². The molecular weight excluding hydrogens is 407 g/mol. The average molecular weight is 430 g/mol. The smallest absolute Gasteiger partial charge is 0.315 e. The molecule has 0 saturated heterocycles. The Morgan fingerprint density at radius 2 is 1.96 bits per heavy atom. The first-order chi connectivity index (χ1) is 11.5. The van der Waals surface area contributed by atoms with Crippen LogP contribution < -0.4 is 10.6 Å². The average Bonchev–Trinajstić information content (AvgIpc) is 3.01. The number of hydrogen-bond donors (Lipinski definition) is 3. The van der Waals surface area contributed by atoms with Crippen LogP contribution in [0, 0.1) is 5.92 Å². The zero-order valence-corrected chi connectivity index (χ0v) is 17.1. The van der Waals surface area contributed by atoms with Crippen LogP contribution in [-0.4, -0.2) is 80.0 Å². The van der Waals surface area contributed by atoms with Gasteiger partial charge in [-0.1, -0.05) is 0 Å². The Kier molecular flexibility index (Phi) is 9.16. The van der Waals surface area contributed by atoms with Gasteiger partial charge in [-0.25, -0.2) is 4.79 Å². The number of carbonyl (C=O) groups excluding carboxylic acids is 3. The van der Waals surface area contributed by atoms with Gasteiger partial charge in [0.1, 0.15) is 6.10 Å². The first-order valence-corrected chi connectivity index (χ1v) is 7.75. The molecule has 2 rings (SSSR count). The van der Waals surface area contributed by atoms with Gasteiger partial charge in [-0.2, -0.15) is 0 Å². The number of nitrogens with zero attached hydrogens (tertiary/aromatic N) is 1. The fraction of sp³-hybridized carbons (Fsp3) is 0.667. The standard InChI is InChI=1S/C15H23N3O6.Y/c1-23-8-9-7-10(14(24-2)13(9)21)17-15(22)16-5-6-18-11(19)3-4-12(18)20;/h3-4,9-10,13-14,21H,5-8H2,1-2H3,(H2,16,17,22);/t9-,10-,13+,14?;/m1./s1. The summed E-state index contributed by atoms with van der Waals surface area (Å²) in [7, 11) is 3.03. The Labute approximate surface area is 171 Å². The number of nitrogens with one attached hydrogen (secondary N) is 2. The van der Waals surface area contributed by atoms with E-state index >= 15 is 0 Å². The van der Waals surface area contributed by atoms with Crippen molar-refractivity contribution in [3.05, 3.63) is 12.2 Å². The molecule has 4 amide bonds. The number of aliphatic hydroxyl groups is 1. The fourth-order valence-corrected chi connectivity index (χ4v) is 3.08. The molecule has 0 bridgehead atoms. The van der Waals surface area contributed by atoms with Crippen LogP contribution in [0.25, 0.3) is 0 Å². The van der Waals surface area contributed by atoms with Crippen LogP contribution in [0.1, 0.15) is 6.42 Å². The zero-order chi connectivity index (χ0) is 17.7. The van der Waals surface area contributed by atoms with Crippen LogP contribution in [0.15, 0.2) is 12.2 Å². The number of methoxy groups -OCH3 is 2. The van der Waals surface area contributed by atoms with E-state index in [1.165, 1.54) is 19.3 Å². The van der Waals surface area contributed by atoms with Crippen LogP contribution in [-0.2, 0) is 51.8 Å². The van der Waals surface area contributed by atoms with Gasteiger partial charge in [0.15, 0.2) is 0 Å². The fourth-order valence-electron chi connectivity index (χ4n) is 3.08. The molecule has 3 N–H and O–H groups in total. The van der Waals surface area contributed by atoms with Gasteiger partial charge in [0, 0.05) is 78.1 Å². The number of aliphatic hydroxyl groups excluding tert-OH is 1. The van der Waals surface area contributed by atoms with Crippen LogP contribution in [0.2, 0.25) is 0 Å². The van der Waals surface area contributed by atoms with Gasteiger partial charge >= 0.3 is 6.03 Å². The van der Waals surface area contributed by atoms with Crippen molar-refractivity contribution in [2.75, 3.05) is 33.9 Å². The molecule has 137 valence electrons. The van der Waals surface area contributed by atoms with Gasteiger partial charge in [-0.05, 0) is 6.42 Å². The van der Waals surface area contributed by atoms with Gasteiger partial charge in [0.2, 0.25) is 0 Å². The van der Waals surface area contributed by atoms with Gasteiger partial charge in [0.25, 0.3) is 11.8 Å². The SMILES string of the molecule is COC[C@H]1C[C@@H](NC(=O)NCCN2C(=O)C=CC2=O)C(OC)[C@H]1O.[Y]. The quantitative estimate of drug-likeness (QED) is 0.429. The van der Waals surface area contributed by atoms with Crippen molar-refractivity contribution in [1.82, 2.24) is 15.5 Å². The van der Waals surface area contributed by atoms with Gasteiger partial charge in [-0.15, -0.1) is 0 Å². The molecule has 1 aliphatic carbocycles. The van der Waals surface area contributed by atoms with Crippen molar-refractivity contribution in [3.8, 4) is 0 Å². The Hall–Kier alpha value is -0.866. The number of amides is 4. The Bertz CT molecular complexity index is 511. The molecule has 2 aliphatic rings. The second kappa shape index (κ2) is 10.3. The summed E-state index contributed by atoms with van der Waals surface area (Å²) in [5.41, 5.74) is 0. The second-order valence-corrected chi connectivity index (χ2v) is 5.81. The minimum Gasteiger partial charge on any atom is -0.390 e. The predicted molar refractivity (Wildman–Crippen MR) is 83.0 cm³/mol. The summed E-state index contributed by atoms with van der Waals surface area (Å²) in [6.45, 7) is 0.623. The minimum atomic E-state index is -0.717. The van der Waals surface area contributed by atoms with Gasteiger partial charge in [-0.3, -0.25) is 14.5 Å². The maximum absolute atomic E-state index is 12.0. The van der Waals surface area contributed by atoms with Crippen molar-refractivity contribution in [1.29, 1.82) is 0 Å². The first kappa shape index (κ1) is 22.2. The molecule has 9 nitrogen and oxygen atoms in total. The normalized spacial score (nSPS) is 28.2. The Morgan fingerprint density at radius 3 is 2.52 bits per heavy atom. The van der Waals surface area contributed by atoms with E-state index in [1.54, 1.807) is 7.11 Å². The number of imide groups is 1. The summed E-state index contributed by atoms with van der Waals surface area (Å²) < 4.78 is 10.3. The summed E-state index contributed by atoms with van der Waals surface area (Å²) in [6.07, 6.45) is 1.70. The van der Waals surface area contributed by atoms with E-state index in [0.29, 0.717) is 13.0 Å². The largest absolute Gasteiger partial charge is 0.390 e. The maximum atomic E-state index is 12.0. The van der Waals surface area contributed by atoms with Crippen molar-refractivity contribution in [3.63, 3.8) is 0 Å². The molecular formula is C15H23N3O6Y. The monoisotopic (exact) mass is 430 g/mol. The number of rotatable bonds is 7. The molecule has 10 heteroatoms. The minimum absolute atomic E-state index is 0. The molecule has 0 aromatic heterocycles. The van der Waals surface area contributed by atoms with Crippen molar-refractivity contribution < 1.29 is 61.7 Å². The summed E-state index contributed by atoms with van der Waals surface area (Å²) in [4.78, 5) is 35.8. The van der Waals surface area contributed by atoms with E-state index in [1.807, 2.05) is 0 Å². The van der Waals surface area contributed by atoms with Crippen LogP contribution in [0.5, 0.6) is 0 Å². The van der Waals surface area contributed by atoms with Crippen molar-refractivity contribution in [2.24, 2.45) is 5.92 Å². The molecule has 1 fully saturated rings. The van der Waals surface area contributed by atoms with E-state index in [-0.39, 0.29) is 69.6 Å². The number of hydrogen-bond acceptors (Lipinski definition) is 6. The Balaban J connectivity index is 0.00000312. The molecule has 0 aromatic rings. The third kappa shape index (κ3) is 5.55. The second-order valence-electron chi connectivity index (χ2n) is 5.81. The molecule has 25 heavy (non-hydrogen) atoms. The third-order valence-corrected chi connectivity index (χ3v) is 4.26. The molecule has 0 aromatic carbocycles. The van der Waals surface area contributed by atoms with Gasteiger partial charge in [0.05, 0.1) is 18.8 Å². The zero-order valence-electron chi connectivity index (χ0n) is 14.3.